The molecule has 0 fully saturated rings. The Morgan fingerprint density at radius 2 is 1.73 bits per heavy atom. The van der Waals surface area contributed by atoms with Gasteiger partial charge in [-0.3, -0.25) is 0 Å². The molecule has 82 valence electrons. The summed E-state index contributed by atoms with van der Waals surface area (Å²) >= 11 is 8.40. The van der Waals surface area contributed by atoms with Crippen LogP contribution in [0.5, 0.6) is 0 Å². The first-order valence-electron chi connectivity index (χ1n) is 4.74. The van der Waals surface area contributed by atoms with E-state index in [2.05, 4.69) is 18.8 Å². The number of hydrogen-bond acceptors (Lipinski definition) is 4. The molecule has 1 rings (SSSR count). The monoisotopic (exact) mass is 258 g/mol. The highest BCUT2D eigenvalue weighted by Crippen LogP contribution is 2.23. The number of aromatic nitrogens is 1. The first-order chi connectivity index (χ1) is 7.17. The van der Waals surface area contributed by atoms with Crippen molar-refractivity contribution in [3.63, 3.8) is 0 Å². The van der Waals surface area contributed by atoms with Gasteiger partial charge in [0.05, 0.1) is 10.1 Å². The van der Waals surface area contributed by atoms with Crippen LogP contribution in [-0.2, 0) is 0 Å². The Bertz CT molecular complexity index is 328. The molecular weight excluding hydrogens is 244 g/mol. The average Bonchev–Trinajstić information content (AvgIpc) is 2.18. The molecule has 1 aromatic rings. The topological polar surface area (TPSA) is 38.9 Å². The maximum Gasteiger partial charge on any atom is 0.104 e. The van der Waals surface area contributed by atoms with Gasteiger partial charge in [0.2, 0.25) is 0 Å². The van der Waals surface area contributed by atoms with Crippen LogP contribution in [0.4, 0.5) is 0 Å². The molecule has 2 N–H and O–H groups in total. The molecule has 0 saturated heterocycles. The lowest BCUT2D eigenvalue weighted by Gasteiger charge is -2.05. The van der Waals surface area contributed by atoms with Crippen molar-refractivity contribution in [1.29, 1.82) is 0 Å². The summed E-state index contributed by atoms with van der Waals surface area (Å²) in [4.78, 5) is 4.94. The van der Waals surface area contributed by atoms with Gasteiger partial charge >= 0.3 is 0 Å². The quantitative estimate of drug-likeness (QED) is 0.649. The normalized spacial score (nSPS) is 10.3. The molecule has 0 bridgehead atoms. The van der Waals surface area contributed by atoms with Crippen LogP contribution < -0.4 is 5.73 Å². The lowest BCUT2D eigenvalue weighted by Crippen LogP contribution is -2.10. The summed E-state index contributed by atoms with van der Waals surface area (Å²) in [5, 5.41) is 2.00. The lowest BCUT2D eigenvalue weighted by molar-refractivity contribution is 1.00. The number of nitrogens with zero attached hydrogens (tertiary/aromatic N) is 1. The molecule has 0 unspecified atom stereocenters. The van der Waals surface area contributed by atoms with E-state index < -0.39 is 0 Å². The number of pyridine rings is 1. The third-order valence-corrected chi connectivity index (χ3v) is 3.47. The van der Waals surface area contributed by atoms with Gasteiger partial charge in [-0.1, -0.05) is 26.1 Å². The molecule has 5 heteroatoms. The van der Waals surface area contributed by atoms with Gasteiger partial charge in [-0.2, -0.15) is 0 Å². The van der Waals surface area contributed by atoms with Crippen molar-refractivity contribution < 1.29 is 0 Å². The van der Waals surface area contributed by atoms with E-state index in [1.807, 2.05) is 12.1 Å². The van der Waals surface area contributed by atoms with Crippen molar-refractivity contribution in [2.45, 2.75) is 23.9 Å². The van der Waals surface area contributed by atoms with E-state index in [0.29, 0.717) is 4.99 Å². The van der Waals surface area contributed by atoms with Crippen LogP contribution in [0.1, 0.15) is 19.4 Å². The van der Waals surface area contributed by atoms with Crippen molar-refractivity contribution in [3.8, 4) is 0 Å². The van der Waals surface area contributed by atoms with Crippen molar-refractivity contribution in [2.75, 3.05) is 11.5 Å². The van der Waals surface area contributed by atoms with Gasteiger partial charge in [0, 0.05) is 5.56 Å². The summed E-state index contributed by atoms with van der Waals surface area (Å²) < 4.78 is 0. The van der Waals surface area contributed by atoms with E-state index in [1.54, 1.807) is 23.5 Å². The van der Waals surface area contributed by atoms with Crippen molar-refractivity contribution in [3.05, 3.63) is 17.7 Å². The minimum Gasteiger partial charge on any atom is -0.389 e. The molecule has 0 atom stereocenters. The van der Waals surface area contributed by atoms with E-state index in [4.69, 9.17) is 18.0 Å². The Morgan fingerprint density at radius 1 is 1.27 bits per heavy atom. The SMILES string of the molecule is CCSc1cc(C(N)=S)cc(SCC)n1. The zero-order valence-electron chi connectivity index (χ0n) is 8.82. The number of thioether (sulfide) groups is 2. The van der Waals surface area contributed by atoms with Gasteiger partial charge in [-0.05, 0) is 23.6 Å². The summed E-state index contributed by atoms with van der Waals surface area (Å²) in [5.41, 5.74) is 6.54. The Morgan fingerprint density at radius 3 is 2.07 bits per heavy atom. The van der Waals surface area contributed by atoms with E-state index in [1.165, 1.54) is 0 Å². The highest BCUT2D eigenvalue weighted by atomic mass is 32.2. The number of thiocarbonyl (C=S) groups is 1. The first kappa shape index (κ1) is 12.8. The van der Waals surface area contributed by atoms with Gasteiger partial charge in [0.15, 0.2) is 0 Å². The molecule has 0 spiro atoms. The average molecular weight is 258 g/mol. The Labute approximate surface area is 104 Å². The highest BCUT2D eigenvalue weighted by Gasteiger charge is 2.04. The van der Waals surface area contributed by atoms with Crippen LogP contribution in [-0.4, -0.2) is 21.5 Å². The summed E-state index contributed by atoms with van der Waals surface area (Å²) in [6, 6.07) is 3.91. The van der Waals surface area contributed by atoms with E-state index in [9.17, 15) is 0 Å². The molecule has 1 heterocycles. The maximum atomic E-state index is 5.63. The van der Waals surface area contributed by atoms with Gasteiger partial charge in [0.25, 0.3) is 0 Å². The molecule has 0 aliphatic carbocycles. The molecule has 15 heavy (non-hydrogen) atoms. The molecule has 0 aliphatic rings. The molecular formula is C10H14N2S3. The smallest absolute Gasteiger partial charge is 0.104 e. The summed E-state index contributed by atoms with van der Waals surface area (Å²) in [7, 11) is 0. The van der Waals surface area contributed by atoms with Gasteiger partial charge in [-0.15, -0.1) is 23.5 Å². The van der Waals surface area contributed by atoms with Crippen LogP contribution in [0.15, 0.2) is 22.2 Å². The maximum absolute atomic E-state index is 5.63. The van der Waals surface area contributed by atoms with E-state index in [0.717, 1.165) is 27.1 Å². The molecule has 1 aromatic heterocycles. The third-order valence-electron chi connectivity index (χ3n) is 1.65. The zero-order valence-corrected chi connectivity index (χ0v) is 11.3. The lowest BCUT2D eigenvalue weighted by atomic mass is 10.3. The Hall–Kier alpha value is -0.260. The minimum atomic E-state index is 0.438. The van der Waals surface area contributed by atoms with Crippen LogP contribution >= 0.6 is 35.7 Å². The van der Waals surface area contributed by atoms with Crippen molar-refractivity contribution in [1.82, 2.24) is 4.98 Å². The minimum absolute atomic E-state index is 0.438. The van der Waals surface area contributed by atoms with Crippen LogP contribution in [0.2, 0.25) is 0 Å². The number of rotatable bonds is 5. The molecule has 0 aromatic carbocycles. The predicted octanol–water partition coefficient (Wildman–Crippen LogP) is 2.94. The van der Waals surface area contributed by atoms with Crippen molar-refractivity contribution in [2.24, 2.45) is 5.73 Å². The van der Waals surface area contributed by atoms with Gasteiger partial charge < -0.3 is 5.73 Å². The fraction of sp³-hybridized carbons (Fsp3) is 0.400. The summed E-state index contributed by atoms with van der Waals surface area (Å²) in [6.07, 6.45) is 0. The van der Waals surface area contributed by atoms with E-state index in [-0.39, 0.29) is 0 Å². The van der Waals surface area contributed by atoms with Gasteiger partial charge in [-0.25, -0.2) is 4.98 Å². The summed E-state index contributed by atoms with van der Waals surface area (Å²) in [5.74, 6) is 2.01. The summed E-state index contributed by atoms with van der Waals surface area (Å²) in [6.45, 7) is 4.21. The second-order valence-corrected chi connectivity index (χ2v) is 5.77. The van der Waals surface area contributed by atoms with E-state index >= 15 is 0 Å². The number of nitrogens with two attached hydrogens (primary N) is 1. The molecule has 0 amide bonds. The van der Waals surface area contributed by atoms with Gasteiger partial charge in [0.1, 0.15) is 4.99 Å². The highest BCUT2D eigenvalue weighted by molar-refractivity contribution is 7.99. The van der Waals surface area contributed by atoms with Crippen molar-refractivity contribution >= 4 is 40.7 Å². The third kappa shape index (κ3) is 4.01. The molecule has 2 nitrogen and oxygen atoms in total. The fourth-order valence-electron chi connectivity index (χ4n) is 1.07. The van der Waals surface area contributed by atoms with Crippen LogP contribution in [0.25, 0.3) is 0 Å². The standard InChI is InChI=1S/C10H14N2S3/c1-3-14-8-5-7(10(11)13)6-9(12-8)15-4-2/h5-6H,3-4H2,1-2H3,(H2,11,13). The first-order valence-corrected chi connectivity index (χ1v) is 7.12. The zero-order chi connectivity index (χ0) is 11.3. The van der Waals surface area contributed by atoms with Crippen LogP contribution in [0.3, 0.4) is 0 Å². The second-order valence-electron chi connectivity index (χ2n) is 2.76. The largest absolute Gasteiger partial charge is 0.389 e. The Balaban J connectivity index is 3.02. The predicted molar refractivity (Wildman–Crippen MR) is 72.9 cm³/mol. The molecule has 0 saturated carbocycles. The second kappa shape index (κ2) is 6.35. The molecule has 0 radical (unpaired) electrons. The fourth-order valence-corrected chi connectivity index (χ4v) is 2.58. The van der Waals surface area contributed by atoms with Crippen LogP contribution in [0, 0.1) is 0 Å². The molecule has 0 aliphatic heterocycles. The Kier molecular flexibility index (Phi) is 5.42. The number of hydrogen-bond donors (Lipinski definition) is 1.